The van der Waals surface area contributed by atoms with Gasteiger partial charge in [0.1, 0.15) is 12.3 Å². The van der Waals surface area contributed by atoms with Gasteiger partial charge in [-0.2, -0.15) is 0 Å². The van der Waals surface area contributed by atoms with E-state index in [-0.39, 0.29) is 12.0 Å². The number of methoxy groups -OCH3 is 1. The zero-order chi connectivity index (χ0) is 21.6. The Hall–Kier alpha value is -2.61. The highest BCUT2D eigenvalue weighted by Crippen LogP contribution is 2.50. The minimum Gasteiger partial charge on any atom is -0.495 e. The van der Waals surface area contributed by atoms with E-state index >= 15 is 0 Å². The van der Waals surface area contributed by atoms with E-state index in [1.165, 1.54) is 19.6 Å². The Labute approximate surface area is 179 Å². The van der Waals surface area contributed by atoms with Crippen LogP contribution in [0.15, 0.2) is 18.2 Å². The number of urea groups is 1. The van der Waals surface area contributed by atoms with Gasteiger partial charge in [0, 0.05) is 11.1 Å². The molecule has 4 rings (SSSR count). The number of halogens is 1. The zero-order valence-electron chi connectivity index (χ0n) is 16.9. The summed E-state index contributed by atoms with van der Waals surface area (Å²) >= 11 is 5.96. The van der Waals surface area contributed by atoms with Crippen molar-refractivity contribution < 1.29 is 23.9 Å². The maximum Gasteiger partial charge on any atom is 0.334 e. The highest BCUT2D eigenvalue weighted by atomic mass is 35.5. The Bertz CT molecular complexity index is 920. The van der Waals surface area contributed by atoms with Gasteiger partial charge in [0.25, 0.3) is 0 Å². The molecule has 1 aromatic rings. The summed E-state index contributed by atoms with van der Waals surface area (Å²) in [5.41, 5.74) is 0.313. The smallest absolute Gasteiger partial charge is 0.334 e. The molecule has 8 nitrogen and oxygen atoms in total. The lowest BCUT2D eigenvalue weighted by molar-refractivity contribution is -0.144. The summed E-state index contributed by atoms with van der Waals surface area (Å²) in [6.45, 7) is 1.27. The number of nitrogens with one attached hydrogen (secondary N) is 1. The molecule has 0 aromatic heterocycles. The second kappa shape index (κ2) is 7.91. The molecule has 1 N–H and O–H groups in total. The average Bonchev–Trinajstić information content (AvgIpc) is 3.39. The van der Waals surface area contributed by atoms with E-state index in [4.69, 9.17) is 16.3 Å². The molecule has 0 spiro atoms. The summed E-state index contributed by atoms with van der Waals surface area (Å²) in [4.78, 5) is 52.1. The first-order chi connectivity index (χ1) is 14.3. The number of fused-ring (bicyclic) bond motifs is 2. The number of anilines is 1. The predicted octanol–water partition coefficient (Wildman–Crippen LogP) is 2.90. The van der Waals surface area contributed by atoms with Gasteiger partial charge in [-0.15, -0.1) is 0 Å². The fourth-order valence-corrected chi connectivity index (χ4v) is 5.38. The van der Waals surface area contributed by atoms with Gasteiger partial charge in [0.2, 0.25) is 5.91 Å². The molecular formula is C21H24ClN3O5. The van der Waals surface area contributed by atoms with Crippen LogP contribution in [-0.2, 0) is 14.4 Å². The minimum atomic E-state index is -0.969. The Morgan fingerprint density at radius 3 is 2.63 bits per heavy atom. The molecular weight excluding hydrogens is 410 g/mol. The highest BCUT2D eigenvalue weighted by Gasteiger charge is 2.52. The number of benzene rings is 1. The van der Waals surface area contributed by atoms with Crippen molar-refractivity contribution in [2.24, 2.45) is 17.8 Å². The molecule has 0 unspecified atom stereocenters. The van der Waals surface area contributed by atoms with Crippen LogP contribution in [0.2, 0.25) is 5.02 Å². The van der Waals surface area contributed by atoms with Gasteiger partial charge in [0.05, 0.1) is 12.8 Å². The number of carbonyl (C=O) groups excluding carboxylic acids is 4. The van der Waals surface area contributed by atoms with E-state index in [0.717, 1.165) is 24.2 Å². The zero-order valence-corrected chi connectivity index (χ0v) is 17.6. The highest BCUT2D eigenvalue weighted by molar-refractivity contribution is 6.45. The van der Waals surface area contributed by atoms with E-state index in [2.05, 4.69) is 5.32 Å². The third kappa shape index (κ3) is 3.53. The molecule has 3 aliphatic rings. The number of nitrogens with zero attached hydrogens (tertiary/aromatic N) is 2. The van der Waals surface area contributed by atoms with E-state index < -0.39 is 30.3 Å². The van der Waals surface area contributed by atoms with Crippen LogP contribution >= 0.6 is 11.6 Å². The Balaban J connectivity index is 1.45. The molecule has 1 aromatic carbocycles. The third-order valence-electron chi connectivity index (χ3n) is 6.64. The Morgan fingerprint density at radius 1 is 1.23 bits per heavy atom. The van der Waals surface area contributed by atoms with E-state index in [1.807, 2.05) is 6.92 Å². The number of carbonyl (C=O) groups is 4. The summed E-state index contributed by atoms with van der Waals surface area (Å²) in [7, 11) is 1.44. The second-order valence-electron chi connectivity index (χ2n) is 8.32. The van der Waals surface area contributed by atoms with Gasteiger partial charge in [-0.3, -0.25) is 19.3 Å². The fourth-order valence-electron chi connectivity index (χ4n) is 5.21. The molecule has 9 heteroatoms. The van der Waals surface area contributed by atoms with Crippen LogP contribution in [0.4, 0.5) is 10.5 Å². The molecule has 2 bridgehead atoms. The maximum absolute atomic E-state index is 12.9. The second-order valence-corrected chi connectivity index (χ2v) is 8.76. The molecule has 5 amide bonds. The van der Waals surface area contributed by atoms with Crippen molar-refractivity contribution in [2.75, 3.05) is 19.0 Å². The average molecular weight is 434 g/mol. The number of rotatable bonds is 6. The molecule has 0 radical (unpaired) electrons. The lowest BCUT2D eigenvalue weighted by Crippen LogP contribution is -2.45. The molecule has 2 aliphatic carbocycles. The van der Waals surface area contributed by atoms with Crippen LogP contribution in [0.1, 0.15) is 32.6 Å². The lowest BCUT2D eigenvalue weighted by atomic mass is 9.83. The molecule has 3 fully saturated rings. The summed E-state index contributed by atoms with van der Waals surface area (Å²) in [5, 5.41) is 2.97. The number of amides is 5. The monoisotopic (exact) mass is 433 g/mol. The standard InChI is InChI=1S/C21H24ClN3O5/c1-11(15-8-12-3-4-13(15)7-12)25-20(28)19(27)24(21(25)29)10-18(26)23-16-9-14(22)5-6-17(16)30-2/h5-6,9,11-13,15H,3-4,7-8,10H2,1-2H3,(H,23,26)/t11-,12-,13-,15-/m0/s1. The normalized spacial score (nSPS) is 26.5. The SMILES string of the molecule is COc1ccc(Cl)cc1NC(=O)CN1C(=O)C(=O)N([C@@H](C)[C@@H]2C[C@H]3CC[C@H]2C3)C1=O. The van der Waals surface area contributed by atoms with Crippen molar-refractivity contribution in [3.63, 3.8) is 0 Å². The third-order valence-corrected chi connectivity index (χ3v) is 6.88. The van der Waals surface area contributed by atoms with Gasteiger partial charge in [-0.05, 0) is 62.1 Å². The largest absolute Gasteiger partial charge is 0.495 e. The van der Waals surface area contributed by atoms with Crippen LogP contribution in [0.3, 0.4) is 0 Å². The Morgan fingerprint density at radius 2 is 2.00 bits per heavy atom. The fraction of sp³-hybridized carbons (Fsp3) is 0.524. The molecule has 160 valence electrons. The van der Waals surface area contributed by atoms with Crippen molar-refractivity contribution in [1.29, 1.82) is 0 Å². The van der Waals surface area contributed by atoms with Crippen LogP contribution in [-0.4, -0.2) is 53.2 Å². The van der Waals surface area contributed by atoms with Gasteiger partial charge in [-0.25, -0.2) is 9.69 Å². The molecule has 1 heterocycles. The first-order valence-corrected chi connectivity index (χ1v) is 10.5. The van der Waals surface area contributed by atoms with Crippen LogP contribution < -0.4 is 10.1 Å². The van der Waals surface area contributed by atoms with Gasteiger partial charge >= 0.3 is 17.8 Å². The number of ether oxygens (including phenoxy) is 1. The molecule has 1 saturated heterocycles. The van der Waals surface area contributed by atoms with E-state index in [9.17, 15) is 19.2 Å². The summed E-state index contributed by atoms with van der Waals surface area (Å²) in [6.07, 6.45) is 4.42. The topological polar surface area (TPSA) is 96.0 Å². The first-order valence-electron chi connectivity index (χ1n) is 10.1. The quantitative estimate of drug-likeness (QED) is 0.549. The van der Waals surface area contributed by atoms with Crippen LogP contribution in [0.5, 0.6) is 5.75 Å². The van der Waals surface area contributed by atoms with E-state index in [0.29, 0.717) is 33.2 Å². The number of hydrogen-bond acceptors (Lipinski definition) is 5. The maximum atomic E-state index is 12.9. The molecule has 1 aliphatic heterocycles. The number of imide groups is 2. The van der Waals surface area contributed by atoms with Crippen molar-refractivity contribution in [1.82, 2.24) is 9.80 Å². The summed E-state index contributed by atoms with van der Waals surface area (Å²) in [5.74, 6) is -0.705. The van der Waals surface area contributed by atoms with Gasteiger partial charge in [-0.1, -0.05) is 18.0 Å². The van der Waals surface area contributed by atoms with Crippen molar-refractivity contribution in [2.45, 2.75) is 38.6 Å². The molecule has 4 atom stereocenters. The van der Waals surface area contributed by atoms with Crippen LogP contribution in [0, 0.1) is 17.8 Å². The van der Waals surface area contributed by atoms with E-state index in [1.54, 1.807) is 12.1 Å². The predicted molar refractivity (Wildman–Crippen MR) is 109 cm³/mol. The first kappa shape index (κ1) is 20.7. The van der Waals surface area contributed by atoms with Crippen molar-refractivity contribution >= 4 is 41.0 Å². The van der Waals surface area contributed by atoms with Crippen LogP contribution in [0.25, 0.3) is 0 Å². The Kier molecular flexibility index (Phi) is 5.44. The van der Waals surface area contributed by atoms with Gasteiger partial charge < -0.3 is 10.1 Å². The summed E-state index contributed by atoms with van der Waals surface area (Å²) < 4.78 is 5.18. The summed E-state index contributed by atoms with van der Waals surface area (Å²) in [6, 6.07) is 3.61. The number of hydrogen-bond donors (Lipinski definition) is 1. The van der Waals surface area contributed by atoms with Crippen molar-refractivity contribution in [3.8, 4) is 5.75 Å². The lowest BCUT2D eigenvalue weighted by Gasteiger charge is -2.32. The molecule has 2 saturated carbocycles. The molecule has 30 heavy (non-hydrogen) atoms. The van der Waals surface area contributed by atoms with Gasteiger partial charge in [0.15, 0.2) is 0 Å². The van der Waals surface area contributed by atoms with Crippen molar-refractivity contribution in [3.05, 3.63) is 23.2 Å². The minimum absolute atomic E-state index is 0.217.